The topological polar surface area (TPSA) is 130 Å². The fraction of sp³-hybridized carbons (Fsp3) is 0.448. The van der Waals surface area contributed by atoms with E-state index in [9.17, 15) is 14.4 Å². The van der Waals surface area contributed by atoms with Gasteiger partial charge in [-0.1, -0.05) is 92.0 Å². The lowest BCUT2D eigenvalue weighted by Crippen LogP contribution is -2.66. The summed E-state index contributed by atoms with van der Waals surface area (Å²) in [5.74, 6) is -3.45. The number of methoxy groups -OCH3 is 1. The van der Waals surface area contributed by atoms with Crippen molar-refractivity contribution in [2.45, 2.75) is 73.4 Å². The largest absolute Gasteiger partial charge is 0.467 e. The van der Waals surface area contributed by atoms with Crippen LogP contribution in [0, 0.1) is 5.41 Å². The van der Waals surface area contributed by atoms with E-state index in [4.69, 9.17) is 68.3 Å². The van der Waals surface area contributed by atoms with E-state index in [-0.39, 0.29) is 16.2 Å². The summed E-state index contributed by atoms with van der Waals surface area (Å²) >= 11 is 17.6. The van der Waals surface area contributed by atoms with Crippen LogP contribution in [0.4, 0.5) is 0 Å². The van der Waals surface area contributed by atoms with E-state index in [0.717, 1.165) is 7.11 Å². The number of halogens is 3. The zero-order chi connectivity index (χ0) is 32.2. The Morgan fingerprint density at radius 1 is 0.791 bits per heavy atom. The molecular formula is C29H34Cl3NO9Si. The van der Waals surface area contributed by atoms with E-state index < -0.39 is 66.6 Å². The normalized spacial score (nSPS) is 22.7. The molecule has 0 amide bonds. The van der Waals surface area contributed by atoms with Crippen LogP contribution in [0.1, 0.15) is 41.5 Å². The number of rotatable bonds is 8. The molecule has 0 aromatic heterocycles. The van der Waals surface area contributed by atoms with Crippen LogP contribution >= 0.6 is 34.8 Å². The molecule has 0 aliphatic carbocycles. The molecule has 10 nitrogen and oxygen atoms in total. The SMILES string of the molecule is COC(=O)C1O[C@H](OC(=N)C(Cl)(Cl)Cl)C(OC(=O)c2ccccc2)[C@@H](OC(=O)c2ccccc2)[C@@H]1O[Si](C)(C)C(C)(C)C. The molecule has 234 valence electrons. The molecule has 0 radical (unpaired) electrons. The molecule has 1 N–H and O–H groups in total. The maximum Gasteiger partial charge on any atom is 0.338 e. The number of esters is 3. The first-order chi connectivity index (χ1) is 20.0. The summed E-state index contributed by atoms with van der Waals surface area (Å²) in [6, 6.07) is 16.1. The van der Waals surface area contributed by atoms with E-state index in [1.54, 1.807) is 36.4 Å². The van der Waals surface area contributed by atoms with Crippen molar-refractivity contribution >= 4 is 66.9 Å². The third kappa shape index (κ3) is 8.71. The first kappa shape index (κ1) is 34.8. The van der Waals surface area contributed by atoms with Crippen LogP contribution in [0.25, 0.3) is 0 Å². The first-order valence-electron chi connectivity index (χ1n) is 13.2. The van der Waals surface area contributed by atoms with Crippen LogP contribution in [0.5, 0.6) is 0 Å². The summed E-state index contributed by atoms with van der Waals surface area (Å²) in [6.45, 7) is 9.76. The summed E-state index contributed by atoms with van der Waals surface area (Å²) in [4.78, 5) is 39.9. The van der Waals surface area contributed by atoms with Gasteiger partial charge >= 0.3 is 17.9 Å². The van der Waals surface area contributed by atoms with E-state index in [0.29, 0.717) is 0 Å². The molecule has 2 unspecified atom stereocenters. The maximum absolute atomic E-state index is 13.4. The predicted octanol–water partition coefficient (Wildman–Crippen LogP) is 6.09. The average molecular weight is 675 g/mol. The van der Waals surface area contributed by atoms with E-state index in [2.05, 4.69) is 0 Å². The molecule has 2 aromatic rings. The van der Waals surface area contributed by atoms with Gasteiger partial charge in [0.1, 0.15) is 6.10 Å². The van der Waals surface area contributed by atoms with Crippen molar-refractivity contribution in [2.75, 3.05) is 7.11 Å². The quantitative estimate of drug-likeness (QED) is 0.0883. The standard InChI is InChI=1S/C29H34Cl3NO9Si/c1-28(2,3)43(5,6)42-20-19(38-23(34)17-13-9-7-10-14-17)22(39-24(35)18-15-11-8-12-16-18)26(40-21(20)25(36)37-4)41-27(33)29(30,31)32/h7-16,19-22,26,33H,1-6H3/t19-,20-,21?,22?,26+/m0/s1. The summed E-state index contributed by atoms with van der Waals surface area (Å²) in [6.07, 6.45) is -7.79. The van der Waals surface area contributed by atoms with Crippen LogP contribution in [0.3, 0.4) is 0 Å². The minimum atomic E-state index is -2.75. The molecule has 0 bridgehead atoms. The molecule has 0 saturated carbocycles. The molecule has 1 saturated heterocycles. The zero-order valence-corrected chi connectivity index (χ0v) is 27.7. The van der Waals surface area contributed by atoms with Gasteiger partial charge in [-0.15, -0.1) is 0 Å². The average Bonchev–Trinajstić information content (AvgIpc) is 2.94. The molecule has 5 atom stereocenters. The fourth-order valence-electron chi connectivity index (χ4n) is 3.83. The van der Waals surface area contributed by atoms with E-state index >= 15 is 0 Å². The van der Waals surface area contributed by atoms with Gasteiger partial charge in [-0.25, -0.2) is 14.4 Å². The van der Waals surface area contributed by atoms with Crippen molar-refractivity contribution < 1.29 is 42.5 Å². The molecule has 1 aliphatic rings. The van der Waals surface area contributed by atoms with Crippen molar-refractivity contribution in [3.05, 3.63) is 71.8 Å². The lowest BCUT2D eigenvalue weighted by atomic mass is 9.98. The molecule has 2 aromatic carbocycles. The Kier molecular flexibility index (Phi) is 11.3. The predicted molar refractivity (Wildman–Crippen MR) is 163 cm³/mol. The minimum Gasteiger partial charge on any atom is -0.467 e. The van der Waals surface area contributed by atoms with Gasteiger partial charge in [-0.2, -0.15) is 0 Å². The number of benzene rings is 2. The molecule has 1 heterocycles. The number of nitrogens with one attached hydrogen (secondary N) is 1. The monoisotopic (exact) mass is 673 g/mol. The first-order valence-corrected chi connectivity index (χ1v) is 17.3. The van der Waals surface area contributed by atoms with Crippen LogP contribution in [0.2, 0.25) is 18.1 Å². The van der Waals surface area contributed by atoms with Crippen LogP contribution < -0.4 is 0 Å². The summed E-state index contributed by atoms with van der Waals surface area (Å²) in [5, 5.41) is 7.79. The van der Waals surface area contributed by atoms with E-state index in [1.807, 2.05) is 33.9 Å². The molecule has 43 heavy (non-hydrogen) atoms. The van der Waals surface area contributed by atoms with Crippen LogP contribution in [-0.4, -0.2) is 73.7 Å². The lowest BCUT2D eigenvalue weighted by Gasteiger charge is -2.48. The van der Waals surface area contributed by atoms with Gasteiger partial charge in [-0.3, -0.25) is 5.41 Å². The third-order valence-electron chi connectivity index (χ3n) is 7.16. The maximum atomic E-state index is 13.4. The van der Waals surface area contributed by atoms with E-state index in [1.165, 1.54) is 24.3 Å². The number of hydrogen-bond donors (Lipinski definition) is 1. The Morgan fingerprint density at radius 3 is 1.67 bits per heavy atom. The molecule has 1 fully saturated rings. The summed E-state index contributed by atoms with van der Waals surface area (Å²) in [7, 11) is -1.61. The zero-order valence-electron chi connectivity index (χ0n) is 24.5. The van der Waals surface area contributed by atoms with Gasteiger partial charge < -0.3 is 28.1 Å². The molecular weight excluding hydrogens is 641 g/mol. The van der Waals surface area contributed by atoms with Gasteiger partial charge in [-0.05, 0) is 42.4 Å². The third-order valence-corrected chi connectivity index (χ3v) is 12.2. The fourth-order valence-corrected chi connectivity index (χ4v) is 5.26. The number of alkyl halides is 3. The highest BCUT2D eigenvalue weighted by atomic mass is 35.6. The van der Waals surface area contributed by atoms with Gasteiger partial charge in [0.2, 0.25) is 18.3 Å². The van der Waals surface area contributed by atoms with Crippen molar-refractivity contribution in [2.24, 2.45) is 0 Å². The lowest BCUT2D eigenvalue weighted by molar-refractivity contribution is -0.272. The molecule has 14 heteroatoms. The summed E-state index contributed by atoms with van der Waals surface area (Å²) in [5.41, 5.74) is 0.331. The highest BCUT2D eigenvalue weighted by Crippen LogP contribution is 2.41. The second-order valence-electron chi connectivity index (χ2n) is 11.2. The summed E-state index contributed by atoms with van der Waals surface area (Å²) < 4.78 is 32.6. The Labute approximate surface area is 266 Å². The second kappa shape index (κ2) is 14.0. The number of carbonyl (C=O) groups is 3. The minimum absolute atomic E-state index is 0.155. The van der Waals surface area contributed by atoms with Crippen LogP contribution in [-0.2, 0) is 32.9 Å². The van der Waals surface area contributed by atoms with Gasteiger partial charge in [0.25, 0.3) is 3.79 Å². The Hall–Kier alpha value is -2.67. The highest BCUT2D eigenvalue weighted by Gasteiger charge is 2.58. The van der Waals surface area contributed by atoms with Gasteiger partial charge in [0.15, 0.2) is 20.5 Å². The Balaban J connectivity index is 2.18. The van der Waals surface area contributed by atoms with Crippen molar-refractivity contribution in [1.82, 2.24) is 0 Å². The Bertz CT molecular complexity index is 1300. The number of carbonyl (C=O) groups excluding carboxylic acids is 3. The smallest absolute Gasteiger partial charge is 0.338 e. The molecule has 3 rings (SSSR count). The Morgan fingerprint density at radius 2 is 1.26 bits per heavy atom. The van der Waals surface area contributed by atoms with Crippen LogP contribution in [0.15, 0.2) is 60.7 Å². The van der Waals surface area contributed by atoms with Crippen molar-refractivity contribution in [3.8, 4) is 0 Å². The van der Waals surface area contributed by atoms with Crippen molar-refractivity contribution in [1.29, 1.82) is 5.41 Å². The van der Waals surface area contributed by atoms with Gasteiger partial charge in [0.05, 0.1) is 18.2 Å². The number of hydrogen-bond acceptors (Lipinski definition) is 10. The molecule has 1 aliphatic heterocycles. The highest BCUT2D eigenvalue weighted by molar-refractivity contribution is 6.76. The molecule has 0 spiro atoms. The van der Waals surface area contributed by atoms with Crippen molar-refractivity contribution in [3.63, 3.8) is 0 Å². The number of ether oxygens (including phenoxy) is 5. The van der Waals surface area contributed by atoms with Gasteiger partial charge in [0, 0.05) is 0 Å². The second-order valence-corrected chi connectivity index (χ2v) is 18.2.